The number of fused-ring (bicyclic) bond motifs is 2. The highest BCUT2D eigenvalue weighted by molar-refractivity contribution is 5.98. The molecule has 1 saturated heterocycles. The summed E-state index contributed by atoms with van der Waals surface area (Å²) in [6.07, 6.45) is 0. The molecular formula is C22H26N3O3+. The van der Waals surface area contributed by atoms with Gasteiger partial charge in [0.05, 0.1) is 24.1 Å². The molecule has 0 bridgehead atoms. The van der Waals surface area contributed by atoms with Gasteiger partial charge in [0, 0.05) is 19.6 Å². The van der Waals surface area contributed by atoms with Crippen molar-refractivity contribution >= 4 is 17.5 Å². The molecule has 146 valence electrons. The van der Waals surface area contributed by atoms with Crippen molar-refractivity contribution in [1.29, 1.82) is 0 Å². The van der Waals surface area contributed by atoms with Gasteiger partial charge in [-0.25, -0.2) is 0 Å². The predicted molar refractivity (Wildman–Crippen MR) is 108 cm³/mol. The summed E-state index contributed by atoms with van der Waals surface area (Å²) in [4.78, 5) is 20.0. The second kappa shape index (κ2) is 7.37. The van der Waals surface area contributed by atoms with Gasteiger partial charge in [0.25, 0.3) is 0 Å². The first-order chi connectivity index (χ1) is 13.4. The van der Waals surface area contributed by atoms with Crippen LogP contribution in [0, 0.1) is 5.41 Å². The van der Waals surface area contributed by atoms with Gasteiger partial charge in [0.2, 0.25) is 5.84 Å². The number of nitrogens with zero attached hydrogens (tertiary/aromatic N) is 2. The Kier molecular flexibility index (Phi) is 4.91. The monoisotopic (exact) mass is 380 g/mol. The summed E-state index contributed by atoms with van der Waals surface area (Å²) in [5, 5.41) is 9.40. The molecule has 2 heterocycles. The molecule has 0 aromatic heterocycles. The number of ether oxygens (including phenoxy) is 1. The third kappa shape index (κ3) is 3.66. The Labute approximate surface area is 165 Å². The summed E-state index contributed by atoms with van der Waals surface area (Å²) in [7, 11) is 0. The predicted octanol–water partition coefficient (Wildman–Crippen LogP) is 2.18. The smallest absolute Gasteiger partial charge is 0.310 e. The molecule has 6 nitrogen and oxygen atoms in total. The maximum Gasteiger partial charge on any atom is 0.310 e. The van der Waals surface area contributed by atoms with E-state index in [4.69, 9.17) is 9.73 Å². The zero-order chi connectivity index (χ0) is 19.7. The van der Waals surface area contributed by atoms with E-state index >= 15 is 0 Å². The number of benzene rings is 2. The molecule has 2 N–H and O–H groups in total. The minimum absolute atomic E-state index is 0.560. The van der Waals surface area contributed by atoms with Crippen LogP contribution in [0.3, 0.4) is 0 Å². The summed E-state index contributed by atoms with van der Waals surface area (Å²) in [5.74, 6) is 1.84. The average molecular weight is 380 g/mol. The first kappa shape index (κ1) is 18.7. The SMILES string of the molecule is CC(C)(CN1CC[NH+](C2=Nc3ccccc3Oc3ccccc32)CC1)C(=O)O. The number of para-hydroxylation sites is 3. The Balaban J connectivity index is 1.57. The quantitative estimate of drug-likeness (QED) is 0.857. The minimum Gasteiger partial charge on any atom is -0.481 e. The van der Waals surface area contributed by atoms with E-state index < -0.39 is 11.4 Å². The number of carboxylic acids is 1. The van der Waals surface area contributed by atoms with Crippen LogP contribution in [0.4, 0.5) is 5.69 Å². The van der Waals surface area contributed by atoms with Crippen molar-refractivity contribution in [2.45, 2.75) is 13.8 Å². The molecule has 4 rings (SSSR count). The topological polar surface area (TPSA) is 66.6 Å². The van der Waals surface area contributed by atoms with Gasteiger partial charge in [-0.05, 0) is 38.1 Å². The van der Waals surface area contributed by atoms with E-state index in [0.717, 1.165) is 54.8 Å². The van der Waals surface area contributed by atoms with Gasteiger partial charge in [0.1, 0.15) is 11.4 Å². The highest BCUT2D eigenvalue weighted by Crippen LogP contribution is 2.36. The third-order valence-corrected chi connectivity index (χ3v) is 5.45. The Morgan fingerprint density at radius 3 is 2.46 bits per heavy atom. The van der Waals surface area contributed by atoms with Gasteiger partial charge in [-0.3, -0.25) is 14.6 Å². The Morgan fingerprint density at radius 2 is 1.75 bits per heavy atom. The van der Waals surface area contributed by atoms with Gasteiger partial charge in [0.15, 0.2) is 5.75 Å². The molecule has 0 spiro atoms. The molecule has 1 fully saturated rings. The molecule has 2 aliphatic heterocycles. The molecule has 0 saturated carbocycles. The van der Waals surface area contributed by atoms with Crippen LogP contribution in [0.1, 0.15) is 19.4 Å². The number of nitrogens with one attached hydrogen (secondary N) is 1. The zero-order valence-electron chi connectivity index (χ0n) is 16.3. The molecule has 2 aliphatic rings. The third-order valence-electron chi connectivity index (χ3n) is 5.45. The van der Waals surface area contributed by atoms with E-state index in [1.165, 1.54) is 4.90 Å². The number of quaternary nitrogens is 1. The standard InChI is InChI=1S/C22H25N3O3/c1-22(2,21(26)27)15-24-11-13-25(14-12-24)20-16-7-3-5-9-18(16)28-19-10-6-4-8-17(19)23-20/h3-10H,11-15H2,1-2H3,(H,26,27)/p+1. The maximum absolute atomic E-state index is 11.4. The first-order valence-corrected chi connectivity index (χ1v) is 9.70. The lowest BCUT2D eigenvalue weighted by Gasteiger charge is -2.35. The summed E-state index contributed by atoms with van der Waals surface area (Å²) >= 11 is 0. The molecule has 0 aliphatic carbocycles. The van der Waals surface area contributed by atoms with Gasteiger partial charge in [-0.2, -0.15) is 4.99 Å². The molecule has 2 aromatic carbocycles. The van der Waals surface area contributed by atoms with E-state index in [2.05, 4.69) is 11.0 Å². The van der Waals surface area contributed by atoms with Crippen LogP contribution < -0.4 is 9.64 Å². The highest BCUT2D eigenvalue weighted by atomic mass is 16.5. The molecule has 0 unspecified atom stereocenters. The van der Waals surface area contributed by atoms with E-state index in [1.54, 1.807) is 13.8 Å². The molecule has 0 atom stereocenters. The van der Waals surface area contributed by atoms with Crippen molar-refractivity contribution in [1.82, 2.24) is 4.90 Å². The first-order valence-electron chi connectivity index (χ1n) is 9.70. The molecular weight excluding hydrogens is 354 g/mol. The van der Waals surface area contributed by atoms with Gasteiger partial charge in [-0.1, -0.05) is 24.3 Å². The average Bonchev–Trinajstić information content (AvgIpc) is 2.85. The number of hydrogen-bond donors (Lipinski definition) is 2. The molecule has 0 radical (unpaired) electrons. The van der Waals surface area contributed by atoms with Crippen LogP contribution >= 0.6 is 0 Å². The summed E-state index contributed by atoms with van der Waals surface area (Å²) in [5.41, 5.74) is 1.13. The number of hydrogen-bond acceptors (Lipinski definition) is 4. The van der Waals surface area contributed by atoms with Crippen molar-refractivity contribution in [2.75, 3.05) is 32.7 Å². The number of rotatable bonds is 3. The second-order valence-electron chi connectivity index (χ2n) is 8.10. The van der Waals surface area contributed by atoms with E-state index in [0.29, 0.717) is 6.54 Å². The number of aliphatic carboxylic acids is 1. The molecule has 6 heteroatoms. The van der Waals surface area contributed by atoms with Crippen molar-refractivity contribution < 1.29 is 19.5 Å². The van der Waals surface area contributed by atoms with Crippen molar-refractivity contribution in [3.8, 4) is 11.5 Å². The Bertz CT molecular complexity index is 915. The van der Waals surface area contributed by atoms with Crippen LogP contribution in [0.15, 0.2) is 53.5 Å². The highest BCUT2D eigenvalue weighted by Gasteiger charge is 2.34. The lowest BCUT2D eigenvalue weighted by atomic mass is 9.93. The number of carboxylic acid groups (broad SMARTS) is 1. The Morgan fingerprint density at radius 1 is 1.11 bits per heavy atom. The number of piperazine rings is 1. The van der Waals surface area contributed by atoms with E-state index in [-0.39, 0.29) is 0 Å². The summed E-state index contributed by atoms with van der Waals surface area (Å²) < 4.78 is 6.13. The number of amidine groups is 1. The van der Waals surface area contributed by atoms with E-state index in [1.807, 2.05) is 42.5 Å². The molecule has 28 heavy (non-hydrogen) atoms. The van der Waals surface area contributed by atoms with Crippen molar-refractivity contribution in [3.63, 3.8) is 0 Å². The van der Waals surface area contributed by atoms with Crippen LogP contribution in [0.5, 0.6) is 11.5 Å². The van der Waals surface area contributed by atoms with Crippen LogP contribution in [-0.2, 0) is 4.79 Å². The second-order valence-corrected chi connectivity index (χ2v) is 8.10. The summed E-state index contributed by atoms with van der Waals surface area (Å²) in [6.45, 7) is 7.58. The van der Waals surface area contributed by atoms with Gasteiger partial charge < -0.3 is 9.84 Å². The summed E-state index contributed by atoms with van der Waals surface area (Å²) in [6, 6.07) is 15.9. The van der Waals surface area contributed by atoms with Gasteiger partial charge >= 0.3 is 5.97 Å². The molecule has 2 aromatic rings. The molecule has 0 amide bonds. The maximum atomic E-state index is 11.4. The Hall–Kier alpha value is -2.70. The van der Waals surface area contributed by atoms with Crippen molar-refractivity contribution in [2.24, 2.45) is 10.4 Å². The normalized spacial score (nSPS) is 17.7. The fourth-order valence-electron chi connectivity index (χ4n) is 3.80. The zero-order valence-corrected chi connectivity index (χ0v) is 16.3. The van der Waals surface area contributed by atoms with Crippen molar-refractivity contribution in [3.05, 3.63) is 54.1 Å². The lowest BCUT2D eigenvalue weighted by Crippen LogP contribution is -3.17. The van der Waals surface area contributed by atoms with E-state index in [9.17, 15) is 9.90 Å². The number of carbonyl (C=O) groups is 1. The fraction of sp³-hybridized carbons (Fsp3) is 0.364. The largest absolute Gasteiger partial charge is 0.481 e. The lowest BCUT2D eigenvalue weighted by molar-refractivity contribution is -0.811. The minimum atomic E-state index is -0.752. The van der Waals surface area contributed by atoms with Crippen LogP contribution in [-0.4, -0.2) is 54.5 Å². The fourth-order valence-corrected chi connectivity index (χ4v) is 3.80. The number of aliphatic imine (C=N–C) groups is 1. The van der Waals surface area contributed by atoms with Crippen LogP contribution in [0.2, 0.25) is 0 Å². The van der Waals surface area contributed by atoms with Crippen LogP contribution in [0.25, 0.3) is 0 Å². The van der Waals surface area contributed by atoms with Gasteiger partial charge in [-0.15, -0.1) is 0 Å².